The van der Waals surface area contributed by atoms with Gasteiger partial charge in [-0.25, -0.2) is 8.42 Å². The lowest BCUT2D eigenvalue weighted by atomic mass is 10.1. The van der Waals surface area contributed by atoms with Crippen molar-refractivity contribution in [3.63, 3.8) is 0 Å². The summed E-state index contributed by atoms with van der Waals surface area (Å²) in [4.78, 5) is 13.3. The normalized spacial score (nSPS) is 13.5. The van der Waals surface area contributed by atoms with Crippen molar-refractivity contribution in [2.24, 2.45) is 10.9 Å². The Morgan fingerprint density at radius 1 is 1.47 bits per heavy atom. The van der Waals surface area contributed by atoms with Crippen molar-refractivity contribution in [3.8, 4) is 0 Å². The van der Waals surface area contributed by atoms with Crippen LogP contribution in [0.5, 0.6) is 0 Å². The summed E-state index contributed by atoms with van der Waals surface area (Å²) in [5.74, 6) is -0.724. The molecule has 0 aromatic carbocycles. The van der Waals surface area contributed by atoms with Crippen LogP contribution in [-0.4, -0.2) is 54.4 Å². The molecule has 7 nitrogen and oxygen atoms in total. The molecule has 0 aromatic heterocycles. The number of hydrogen-bond donors (Lipinski definition) is 2. The SMILES string of the molecule is CCN(CC(N)=NO)C(=O)C(C)(C)S(C)(=O)=O. The van der Waals surface area contributed by atoms with E-state index in [9.17, 15) is 13.2 Å². The summed E-state index contributed by atoms with van der Waals surface area (Å²) in [5, 5.41) is 11.2. The molecule has 0 aliphatic carbocycles. The topological polar surface area (TPSA) is 113 Å². The highest BCUT2D eigenvalue weighted by Crippen LogP contribution is 2.18. The quantitative estimate of drug-likeness (QED) is 0.298. The fourth-order valence-corrected chi connectivity index (χ4v) is 1.54. The number of oxime groups is 1. The first-order valence-corrected chi connectivity index (χ1v) is 6.92. The minimum absolute atomic E-state index is 0.106. The maximum atomic E-state index is 12.0. The Labute approximate surface area is 101 Å². The maximum absolute atomic E-state index is 12.0. The summed E-state index contributed by atoms with van der Waals surface area (Å²) in [6.07, 6.45) is 1.00. The summed E-state index contributed by atoms with van der Waals surface area (Å²) in [7, 11) is -3.53. The smallest absolute Gasteiger partial charge is 0.243 e. The van der Waals surface area contributed by atoms with Crippen molar-refractivity contribution in [3.05, 3.63) is 0 Å². The van der Waals surface area contributed by atoms with Crippen molar-refractivity contribution in [2.75, 3.05) is 19.3 Å². The van der Waals surface area contributed by atoms with Crippen LogP contribution in [-0.2, 0) is 14.6 Å². The van der Waals surface area contributed by atoms with E-state index in [2.05, 4.69) is 5.16 Å². The van der Waals surface area contributed by atoms with Crippen LogP contribution in [0.1, 0.15) is 20.8 Å². The number of sulfone groups is 1. The van der Waals surface area contributed by atoms with Gasteiger partial charge in [-0.2, -0.15) is 0 Å². The van der Waals surface area contributed by atoms with Gasteiger partial charge in [0.1, 0.15) is 4.75 Å². The van der Waals surface area contributed by atoms with Crippen LogP contribution < -0.4 is 5.73 Å². The molecule has 0 rings (SSSR count). The molecule has 0 fully saturated rings. The Morgan fingerprint density at radius 3 is 2.24 bits per heavy atom. The molecule has 0 aromatic rings. The van der Waals surface area contributed by atoms with Crippen molar-refractivity contribution in [1.29, 1.82) is 0 Å². The van der Waals surface area contributed by atoms with E-state index in [1.165, 1.54) is 18.7 Å². The predicted octanol–water partition coefficient (Wildman–Crippen LogP) is -0.595. The molecule has 0 bridgehead atoms. The van der Waals surface area contributed by atoms with E-state index in [-0.39, 0.29) is 18.9 Å². The standard InChI is InChI=1S/C9H19N3O4S/c1-5-12(6-7(10)11-14)8(13)9(2,3)17(4,15)16/h14H,5-6H2,1-4H3,(H2,10,11). The molecule has 0 spiro atoms. The second kappa shape index (κ2) is 5.35. The molecule has 100 valence electrons. The highest BCUT2D eigenvalue weighted by molar-refractivity contribution is 7.92. The first kappa shape index (κ1) is 15.7. The monoisotopic (exact) mass is 265 g/mol. The van der Waals surface area contributed by atoms with E-state index >= 15 is 0 Å². The van der Waals surface area contributed by atoms with Gasteiger partial charge >= 0.3 is 0 Å². The average molecular weight is 265 g/mol. The molecule has 0 unspecified atom stereocenters. The lowest BCUT2D eigenvalue weighted by Crippen LogP contribution is -2.51. The number of amidine groups is 1. The third-order valence-corrected chi connectivity index (χ3v) is 4.62. The molecule has 0 aliphatic heterocycles. The Kier molecular flexibility index (Phi) is 4.94. The van der Waals surface area contributed by atoms with Crippen LogP contribution in [0, 0.1) is 0 Å². The lowest BCUT2D eigenvalue weighted by molar-refractivity contribution is -0.132. The number of likely N-dealkylation sites (N-methyl/N-ethyl adjacent to an activating group) is 1. The van der Waals surface area contributed by atoms with Crippen molar-refractivity contribution < 1.29 is 18.4 Å². The second-order valence-electron chi connectivity index (χ2n) is 4.19. The van der Waals surface area contributed by atoms with Gasteiger partial charge in [0, 0.05) is 12.8 Å². The third-order valence-electron chi connectivity index (χ3n) is 2.59. The molecule has 17 heavy (non-hydrogen) atoms. The van der Waals surface area contributed by atoms with Crippen molar-refractivity contribution in [1.82, 2.24) is 4.90 Å². The molecule has 1 amide bonds. The first-order chi connectivity index (χ1) is 7.57. The number of nitrogens with two attached hydrogens (primary N) is 1. The van der Waals surface area contributed by atoms with E-state index in [1.54, 1.807) is 6.92 Å². The fourth-order valence-electron chi connectivity index (χ4n) is 1.09. The van der Waals surface area contributed by atoms with Crippen molar-refractivity contribution in [2.45, 2.75) is 25.5 Å². The Hall–Kier alpha value is -1.31. The lowest BCUT2D eigenvalue weighted by Gasteiger charge is -2.29. The molecule has 0 aliphatic rings. The summed E-state index contributed by atoms with van der Waals surface area (Å²) in [6, 6.07) is 0. The average Bonchev–Trinajstić information content (AvgIpc) is 2.22. The zero-order valence-corrected chi connectivity index (χ0v) is 11.3. The third kappa shape index (κ3) is 3.58. The van der Waals surface area contributed by atoms with E-state index in [0.717, 1.165) is 6.26 Å². The Morgan fingerprint density at radius 2 is 1.94 bits per heavy atom. The van der Waals surface area contributed by atoms with Gasteiger partial charge in [-0.1, -0.05) is 5.16 Å². The van der Waals surface area contributed by atoms with Gasteiger partial charge in [0.05, 0.1) is 6.54 Å². The van der Waals surface area contributed by atoms with Gasteiger partial charge in [-0.05, 0) is 20.8 Å². The van der Waals surface area contributed by atoms with E-state index in [4.69, 9.17) is 10.9 Å². The summed E-state index contributed by atoms with van der Waals surface area (Å²) < 4.78 is 21.5. The van der Waals surface area contributed by atoms with E-state index in [0.29, 0.717) is 0 Å². The van der Waals surface area contributed by atoms with Crippen molar-refractivity contribution >= 4 is 21.6 Å². The van der Waals surface area contributed by atoms with Gasteiger partial charge in [0.15, 0.2) is 15.7 Å². The zero-order valence-electron chi connectivity index (χ0n) is 10.5. The number of rotatable bonds is 5. The Bertz CT molecular complexity index is 414. The van der Waals surface area contributed by atoms with Crippen LogP contribution in [0.3, 0.4) is 0 Å². The molecule has 0 radical (unpaired) electrons. The minimum Gasteiger partial charge on any atom is -0.409 e. The highest BCUT2D eigenvalue weighted by atomic mass is 32.2. The van der Waals surface area contributed by atoms with Gasteiger partial charge in [0.2, 0.25) is 5.91 Å². The molecule has 0 saturated heterocycles. The number of nitrogens with zero attached hydrogens (tertiary/aromatic N) is 2. The van der Waals surface area contributed by atoms with Crippen LogP contribution in [0.2, 0.25) is 0 Å². The first-order valence-electron chi connectivity index (χ1n) is 5.03. The number of carbonyl (C=O) groups is 1. The van der Waals surface area contributed by atoms with Gasteiger partial charge in [-0.15, -0.1) is 0 Å². The Balaban J connectivity index is 5.14. The largest absolute Gasteiger partial charge is 0.409 e. The minimum atomic E-state index is -3.53. The summed E-state index contributed by atoms with van der Waals surface area (Å²) >= 11 is 0. The molecular weight excluding hydrogens is 246 g/mol. The summed E-state index contributed by atoms with van der Waals surface area (Å²) in [5.41, 5.74) is 5.30. The van der Waals surface area contributed by atoms with Crippen LogP contribution >= 0.6 is 0 Å². The highest BCUT2D eigenvalue weighted by Gasteiger charge is 2.41. The van der Waals surface area contributed by atoms with E-state index < -0.39 is 20.5 Å². The molecule has 0 heterocycles. The summed E-state index contributed by atoms with van der Waals surface area (Å²) in [6.45, 7) is 4.51. The number of amides is 1. The molecule has 0 atom stereocenters. The molecule has 8 heteroatoms. The van der Waals surface area contributed by atoms with E-state index in [1.807, 2.05) is 0 Å². The van der Waals surface area contributed by atoms with Crippen LogP contribution in [0.25, 0.3) is 0 Å². The molecule has 3 N–H and O–H groups in total. The zero-order chi connectivity index (χ0) is 13.9. The molecule has 0 saturated carbocycles. The van der Waals surface area contributed by atoms with Crippen LogP contribution in [0.4, 0.5) is 0 Å². The molecular formula is C9H19N3O4S. The van der Waals surface area contributed by atoms with Gasteiger partial charge < -0.3 is 15.8 Å². The van der Waals surface area contributed by atoms with Gasteiger partial charge in [-0.3, -0.25) is 4.79 Å². The fraction of sp³-hybridized carbons (Fsp3) is 0.778. The number of hydrogen-bond acceptors (Lipinski definition) is 5. The number of carbonyl (C=O) groups excluding carboxylic acids is 1. The van der Waals surface area contributed by atoms with Gasteiger partial charge in [0.25, 0.3) is 0 Å². The van der Waals surface area contributed by atoms with Crippen LogP contribution in [0.15, 0.2) is 5.16 Å². The second-order valence-corrected chi connectivity index (χ2v) is 6.76. The predicted molar refractivity (Wildman–Crippen MR) is 64.6 cm³/mol. The maximum Gasteiger partial charge on any atom is 0.243 e.